The molecule has 0 saturated carbocycles. The monoisotopic (exact) mass is 191 g/mol. The highest BCUT2D eigenvalue weighted by Crippen LogP contribution is 1.95. The van der Waals surface area contributed by atoms with Crippen LogP contribution in [0.2, 0.25) is 0 Å². The Kier molecular flexibility index (Phi) is 7.56. The van der Waals surface area contributed by atoms with Gasteiger partial charge in [-0.05, 0) is 18.9 Å². The number of hydrogen-bond donors (Lipinski definition) is 2. The van der Waals surface area contributed by atoms with Crippen LogP contribution < -0.4 is 5.32 Å². The molecule has 0 aromatic carbocycles. The van der Waals surface area contributed by atoms with Gasteiger partial charge in [0.2, 0.25) is 0 Å². The second-order valence-corrected chi connectivity index (χ2v) is 3.25. The molecule has 0 bridgehead atoms. The van der Waals surface area contributed by atoms with Crippen LogP contribution in [0.4, 0.5) is 0 Å². The molecular formula is C9H18ClNO. The van der Waals surface area contributed by atoms with E-state index in [9.17, 15) is 5.11 Å². The molecule has 1 atom stereocenters. The van der Waals surface area contributed by atoms with Crippen LogP contribution in [0.25, 0.3) is 0 Å². The van der Waals surface area contributed by atoms with E-state index in [2.05, 4.69) is 12.2 Å². The molecule has 0 fully saturated rings. The molecule has 0 saturated heterocycles. The van der Waals surface area contributed by atoms with Gasteiger partial charge in [-0.1, -0.05) is 24.9 Å². The third-order valence-electron chi connectivity index (χ3n) is 1.59. The highest BCUT2D eigenvalue weighted by Gasteiger charge is 2.00. The predicted molar refractivity (Wildman–Crippen MR) is 53.4 cm³/mol. The van der Waals surface area contributed by atoms with Crippen LogP contribution in [-0.2, 0) is 0 Å². The molecule has 12 heavy (non-hydrogen) atoms. The molecule has 0 amide bonds. The summed E-state index contributed by atoms with van der Waals surface area (Å²) in [7, 11) is 0. The molecule has 0 radical (unpaired) electrons. The van der Waals surface area contributed by atoms with Gasteiger partial charge in [0.25, 0.3) is 0 Å². The summed E-state index contributed by atoms with van der Waals surface area (Å²) >= 11 is 5.46. The van der Waals surface area contributed by atoms with Crippen molar-refractivity contribution in [3.8, 4) is 0 Å². The van der Waals surface area contributed by atoms with Gasteiger partial charge in [0.05, 0.1) is 6.10 Å². The minimum absolute atomic E-state index is 0.224. The Morgan fingerprint density at radius 1 is 1.67 bits per heavy atom. The first-order valence-corrected chi connectivity index (χ1v) is 4.79. The van der Waals surface area contributed by atoms with E-state index in [0.29, 0.717) is 6.54 Å². The fraction of sp³-hybridized carbons (Fsp3) is 0.778. The zero-order chi connectivity index (χ0) is 9.40. The molecule has 2 nitrogen and oxygen atoms in total. The Balaban J connectivity index is 3.30. The van der Waals surface area contributed by atoms with E-state index in [4.69, 9.17) is 11.6 Å². The largest absolute Gasteiger partial charge is 0.392 e. The molecule has 0 aliphatic heterocycles. The molecule has 0 heterocycles. The van der Waals surface area contributed by atoms with Crippen LogP contribution >= 0.6 is 11.6 Å². The lowest BCUT2D eigenvalue weighted by atomic mass is 10.2. The van der Waals surface area contributed by atoms with Crippen LogP contribution in [0.3, 0.4) is 0 Å². The van der Waals surface area contributed by atoms with E-state index in [-0.39, 0.29) is 6.10 Å². The van der Waals surface area contributed by atoms with Crippen molar-refractivity contribution in [3.05, 3.63) is 11.1 Å². The Morgan fingerprint density at radius 2 is 2.33 bits per heavy atom. The zero-order valence-corrected chi connectivity index (χ0v) is 8.56. The van der Waals surface area contributed by atoms with Crippen LogP contribution in [0.5, 0.6) is 0 Å². The maximum absolute atomic E-state index is 9.32. The van der Waals surface area contributed by atoms with Crippen molar-refractivity contribution >= 4 is 11.6 Å². The average molecular weight is 192 g/mol. The molecule has 0 aliphatic carbocycles. The number of rotatable bonds is 6. The normalized spacial score (nSPS) is 14.8. The number of aliphatic hydroxyl groups is 1. The van der Waals surface area contributed by atoms with E-state index in [1.54, 1.807) is 5.54 Å². The third-order valence-corrected chi connectivity index (χ3v) is 1.96. The summed E-state index contributed by atoms with van der Waals surface area (Å²) in [5.41, 5.74) is 2.64. The van der Waals surface area contributed by atoms with Crippen molar-refractivity contribution in [2.75, 3.05) is 13.1 Å². The Labute approximate surface area is 79.6 Å². The minimum atomic E-state index is -0.224. The quantitative estimate of drug-likeness (QED) is 0.672. The smallest absolute Gasteiger partial charge is 0.0664 e. The number of aliphatic hydroxyl groups excluding tert-OH is 1. The molecular weight excluding hydrogens is 174 g/mol. The fourth-order valence-electron chi connectivity index (χ4n) is 0.910. The first kappa shape index (κ1) is 11.9. The Morgan fingerprint density at radius 3 is 2.83 bits per heavy atom. The summed E-state index contributed by atoms with van der Waals surface area (Å²) in [6, 6.07) is 0. The maximum atomic E-state index is 9.32. The lowest BCUT2D eigenvalue weighted by Gasteiger charge is -2.10. The first-order valence-electron chi connectivity index (χ1n) is 4.35. The lowest BCUT2D eigenvalue weighted by Crippen LogP contribution is -2.27. The molecule has 0 rings (SSSR count). The molecule has 2 N–H and O–H groups in total. The first-order chi connectivity index (χ1) is 5.70. The van der Waals surface area contributed by atoms with Gasteiger partial charge in [0.15, 0.2) is 0 Å². The highest BCUT2D eigenvalue weighted by molar-refractivity contribution is 6.25. The second-order valence-electron chi connectivity index (χ2n) is 3.03. The molecule has 0 aliphatic rings. The molecule has 0 aromatic heterocycles. The molecule has 1 unspecified atom stereocenters. The highest BCUT2D eigenvalue weighted by atomic mass is 35.5. The second kappa shape index (κ2) is 7.59. The van der Waals surface area contributed by atoms with Gasteiger partial charge in [0, 0.05) is 18.6 Å². The van der Waals surface area contributed by atoms with E-state index in [1.807, 2.05) is 6.92 Å². The van der Waals surface area contributed by atoms with Crippen molar-refractivity contribution in [2.45, 2.75) is 32.8 Å². The van der Waals surface area contributed by atoms with Crippen LogP contribution in [0.1, 0.15) is 26.7 Å². The van der Waals surface area contributed by atoms with Crippen molar-refractivity contribution in [1.82, 2.24) is 5.32 Å². The molecule has 0 aromatic rings. The Hall–Kier alpha value is -0.0500. The Bertz CT molecular complexity index is 136. The molecule has 3 heteroatoms. The number of hydrogen-bond acceptors (Lipinski definition) is 2. The SMILES string of the molecule is CCCC(O)CNCC(C)=CCl. The summed E-state index contributed by atoms with van der Waals surface area (Å²) < 4.78 is 0. The van der Waals surface area contributed by atoms with Crippen molar-refractivity contribution in [2.24, 2.45) is 0 Å². The lowest BCUT2D eigenvalue weighted by molar-refractivity contribution is 0.162. The van der Waals surface area contributed by atoms with E-state index >= 15 is 0 Å². The standard InChI is InChI=1S/C9H18ClNO/c1-3-4-9(12)7-11-6-8(2)5-10/h5,9,11-12H,3-4,6-7H2,1-2H3. The van der Waals surface area contributed by atoms with E-state index in [1.165, 1.54) is 0 Å². The van der Waals surface area contributed by atoms with Gasteiger partial charge >= 0.3 is 0 Å². The topological polar surface area (TPSA) is 32.3 Å². The van der Waals surface area contributed by atoms with Gasteiger partial charge in [-0.25, -0.2) is 0 Å². The fourth-order valence-corrected chi connectivity index (χ4v) is 0.987. The van der Waals surface area contributed by atoms with Crippen molar-refractivity contribution in [3.63, 3.8) is 0 Å². The van der Waals surface area contributed by atoms with Crippen molar-refractivity contribution < 1.29 is 5.11 Å². The predicted octanol–water partition coefficient (Wildman–Crippen LogP) is 1.88. The summed E-state index contributed by atoms with van der Waals surface area (Å²) in [6.45, 7) is 5.42. The van der Waals surface area contributed by atoms with Crippen LogP contribution in [0.15, 0.2) is 11.1 Å². The summed E-state index contributed by atoms with van der Waals surface area (Å²) in [6.07, 6.45) is 1.65. The summed E-state index contributed by atoms with van der Waals surface area (Å²) in [5.74, 6) is 0. The van der Waals surface area contributed by atoms with Gasteiger partial charge in [0.1, 0.15) is 0 Å². The van der Waals surface area contributed by atoms with E-state index < -0.39 is 0 Å². The third kappa shape index (κ3) is 6.65. The van der Waals surface area contributed by atoms with Crippen LogP contribution in [-0.4, -0.2) is 24.3 Å². The zero-order valence-electron chi connectivity index (χ0n) is 7.81. The van der Waals surface area contributed by atoms with Gasteiger partial charge < -0.3 is 10.4 Å². The summed E-state index contributed by atoms with van der Waals surface area (Å²) in [4.78, 5) is 0. The summed E-state index contributed by atoms with van der Waals surface area (Å²) in [5, 5.41) is 12.4. The van der Waals surface area contributed by atoms with Crippen LogP contribution in [0, 0.1) is 0 Å². The maximum Gasteiger partial charge on any atom is 0.0664 e. The molecule has 0 spiro atoms. The number of nitrogens with one attached hydrogen (secondary N) is 1. The van der Waals surface area contributed by atoms with E-state index in [0.717, 1.165) is 25.0 Å². The van der Waals surface area contributed by atoms with Gasteiger partial charge in [-0.2, -0.15) is 0 Å². The van der Waals surface area contributed by atoms with Crippen molar-refractivity contribution in [1.29, 1.82) is 0 Å². The van der Waals surface area contributed by atoms with Gasteiger partial charge in [-0.3, -0.25) is 0 Å². The average Bonchev–Trinajstić information content (AvgIpc) is 2.04. The minimum Gasteiger partial charge on any atom is -0.392 e. The molecule has 72 valence electrons. The number of halogens is 1. The van der Waals surface area contributed by atoms with Gasteiger partial charge in [-0.15, -0.1) is 0 Å².